The summed E-state index contributed by atoms with van der Waals surface area (Å²) in [5, 5.41) is 2.07. The highest BCUT2D eigenvalue weighted by molar-refractivity contribution is 5.99. The van der Waals surface area contributed by atoms with Gasteiger partial charge < -0.3 is 34.4 Å². The van der Waals surface area contributed by atoms with Gasteiger partial charge >= 0.3 is 0 Å². The van der Waals surface area contributed by atoms with Crippen molar-refractivity contribution in [1.29, 1.82) is 0 Å². The monoisotopic (exact) mass is 409 g/mol. The molecule has 0 radical (unpaired) electrons. The smallest absolute Gasteiger partial charge is 0.0733 e. The van der Waals surface area contributed by atoms with Crippen LogP contribution in [0.15, 0.2) is 36.4 Å². The predicted octanol–water partition coefficient (Wildman–Crippen LogP) is 2.51. The zero-order valence-corrected chi connectivity index (χ0v) is 17.6. The maximum absolute atomic E-state index is 6.71. The molecule has 0 aliphatic heterocycles. The van der Waals surface area contributed by atoms with Crippen molar-refractivity contribution in [3.05, 3.63) is 42.0 Å². The SMILES string of the molecule is NCCC(N)(CCN)CCCCC(N)c1c2ccc(N)cc2nc2cc(N)ccc12. The molecule has 0 aliphatic carbocycles. The Morgan fingerprint density at radius 2 is 1.33 bits per heavy atom. The van der Waals surface area contributed by atoms with Crippen molar-refractivity contribution in [3.63, 3.8) is 0 Å². The van der Waals surface area contributed by atoms with Gasteiger partial charge in [0.15, 0.2) is 0 Å². The highest BCUT2D eigenvalue weighted by Gasteiger charge is 2.23. The Bertz CT molecular complexity index is 936. The molecule has 1 unspecified atom stereocenters. The van der Waals surface area contributed by atoms with Gasteiger partial charge in [-0.15, -0.1) is 0 Å². The van der Waals surface area contributed by atoms with Gasteiger partial charge in [-0.2, -0.15) is 0 Å². The van der Waals surface area contributed by atoms with Crippen LogP contribution >= 0.6 is 0 Å². The van der Waals surface area contributed by atoms with Gasteiger partial charge in [0, 0.05) is 33.7 Å². The van der Waals surface area contributed by atoms with Gasteiger partial charge in [0.1, 0.15) is 0 Å². The number of hydrogen-bond donors (Lipinski definition) is 6. The van der Waals surface area contributed by atoms with Crippen molar-refractivity contribution in [2.45, 2.75) is 50.1 Å². The Balaban J connectivity index is 1.82. The van der Waals surface area contributed by atoms with Gasteiger partial charge in [-0.3, -0.25) is 0 Å². The number of pyridine rings is 1. The number of nitrogens with two attached hydrogens (primary N) is 6. The molecule has 1 aromatic heterocycles. The van der Waals surface area contributed by atoms with E-state index in [0.29, 0.717) is 24.5 Å². The van der Waals surface area contributed by atoms with E-state index in [0.717, 1.165) is 65.9 Å². The Kier molecular flexibility index (Phi) is 7.10. The van der Waals surface area contributed by atoms with Crippen molar-refractivity contribution in [2.24, 2.45) is 22.9 Å². The summed E-state index contributed by atoms with van der Waals surface area (Å²) < 4.78 is 0. The van der Waals surface area contributed by atoms with Crippen LogP contribution in [-0.4, -0.2) is 23.6 Å². The average molecular weight is 410 g/mol. The second kappa shape index (κ2) is 9.57. The van der Waals surface area contributed by atoms with E-state index in [9.17, 15) is 0 Å². The lowest BCUT2D eigenvalue weighted by molar-refractivity contribution is 0.333. The first-order valence-corrected chi connectivity index (χ1v) is 10.7. The highest BCUT2D eigenvalue weighted by atomic mass is 14.8. The number of aromatic nitrogens is 1. The van der Waals surface area contributed by atoms with E-state index in [2.05, 4.69) is 0 Å². The number of nitrogen functional groups attached to an aromatic ring is 2. The first-order chi connectivity index (χ1) is 14.4. The predicted molar refractivity (Wildman–Crippen MR) is 128 cm³/mol. The Labute approximate surface area is 178 Å². The van der Waals surface area contributed by atoms with E-state index in [4.69, 9.17) is 39.4 Å². The van der Waals surface area contributed by atoms with E-state index in [1.165, 1.54) is 0 Å². The molecule has 30 heavy (non-hydrogen) atoms. The molecule has 0 aliphatic rings. The van der Waals surface area contributed by atoms with E-state index in [1.807, 2.05) is 36.4 Å². The lowest BCUT2D eigenvalue weighted by Crippen LogP contribution is -2.43. The quantitative estimate of drug-likeness (QED) is 0.170. The van der Waals surface area contributed by atoms with Gasteiger partial charge in [-0.05, 0) is 68.6 Å². The molecule has 1 heterocycles. The highest BCUT2D eigenvalue weighted by Crippen LogP contribution is 2.34. The van der Waals surface area contributed by atoms with Crippen molar-refractivity contribution < 1.29 is 0 Å². The number of hydrogen-bond acceptors (Lipinski definition) is 7. The van der Waals surface area contributed by atoms with Crippen molar-refractivity contribution in [3.8, 4) is 0 Å². The minimum absolute atomic E-state index is 0.124. The molecule has 2 aromatic carbocycles. The van der Waals surface area contributed by atoms with E-state index in [-0.39, 0.29) is 11.6 Å². The van der Waals surface area contributed by atoms with Crippen LogP contribution in [0.3, 0.4) is 0 Å². The summed E-state index contributed by atoms with van der Waals surface area (Å²) in [5.41, 5.74) is 40.5. The fourth-order valence-corrected chi connectivity index (χ4v) is 4.35. The van der Waals surface area contributed by atoms with Gasteiger partial charge in [0.25, 0.3) is 0 Å². The summed E-state index contributed by atoms with van der Waals surface area (Å²) in [6, 6.07) is 11.5. The molecule has 3 rings (SSSR count). The van der Waals surface area contributed by atoms with E-state index < -0.39 is 0 Å². The maximum atomic E-state index is 6.71. The first-order valence-electron chi connectivity index (χ1n) is 10.7. The minimum Gasteiger partial charge on any atom is -0.399 e. The Morgan fingerprint density at radius 3 is 1.83 bits per heavy atom. The molecule has 12 N–H and O–H groups in total. The lowest BCUT2D eigenvalue weighted by Gasteiger charge is -2.29. The Morgan fingerprint density at radius 1 is 0.800 bits per heavy atom. The zero-order valence-electron chi connectivity index (χ0n) is 17.6. The molecule has 162 valence electrons. The number of anilines is 2. The summed E-state index contributed by atoms with van der Waals surface area (Å²) >= 11 is 0. The molecule has 7 heteroatoms. The van der Waals surface area contributed by atoms with Gasteiger partial charge in [0.2, 0.25) is 0 Å². The number of rotatable bonds is 10. The molecular formula is C23H35N7. The molecule has 0 amide bonds. The molecule has 0 bridgehead atoms. The third-order valence-corrected chi connectivity index (χ3v) is 5.96. The summed E-state index contributed by atoms with van der Waals surface area (Å²) in [6.45, 7) is 1.16. The number of unbranched alkanes of at least 4 members (excludes halogenated alkanes) is 1. The summed E-state index contributed by atoms with van der Waals surface area (Å²) in [5.74, 6) is 0. The molecule has 0 saturated heterocycles. The van der Waals surface area contributed by atoms with Crippen LogP contribution in [-0.2, 0) is 0 Å². The summed E-state index contributed by atoms with van der Waals surface area (Å²) in [7, 11) is 0. The first kappa shape index (κ1) is 22.2. The third-order valence-electron chi connectivity index (χ3n) is 5.96. The second-order valence-electron chi connectivity index (χ2n) is 8.37. The fourth-order valence-electron chi connectivity index (χ4n) is 4.35. The summed E-state index contributed by atoms with van der Waals surface area (Å²) in [4.78, 5) is 4.76. The van der Waals surface area contributed by atoms with Crippen LogP contribution < -0.4 is 34.4 Å². The lowest BCUT2D eigenvalue weighted by atomic mass is 9.85. The molecule has 3 aromatic rings. The van der Waals surface area contributed by atoms with Crippen LogP contribution in [0.1, 0.15) is 50.1 Å². The van der Waals surface area contributed by atoms with E-state index in [1.54, 1.807) is 0 Å². The molecule has 0 fully saturated rings. The molecule has 0 saturated carbocycles. The van der Waals surface area contributed by atoms with Gasteiger partial charge in [-0.25, -0.2) is 4.98 Å². The maximum Gasteiger partial charge on any atom is 0.0733 e. The number of benzene rings is 2. The fraction of sp³-hybridized carbons (Fsp3) is 0.435. The Hall–Kier alpha value is -2.45. The van der Waals surface area contributed by atoms with E-state index >= 15 is 0 Å². The van der Waals surface area contributed by atoms with Crippen molar-refractivity contribution in [1.82, 2.24) is 4.98 Å². The molecule has 0 spiro atoms. The average Bonchev–Trinajstić information content (AvgIpc) is 2.69. The molecule has 1 atom stereocenters. The number of fused-ring (bicyclic) bond motifs is 2. The van der Waals surface area contributed by atoms with Crippen LogP contribution in [0, 0.1) is 0 Å². The largest absolute Gasteiger partial charge is 0.399 e. The normalized spacial score (nSPS) is 13.2. The van der Waals surface area contributed by atoms with Crippen molar-refractivity contribution in [2.75, 3.05) is 24.6 Å². The van der Waals surface area contributed by atoms with Crippen LogP contribution in [0.4, 0.5) is 11.4 Å². The number of nitrogens with zero attached hydrogens (tertiary/aromatic N) is 1. The standard InChI is InChI=1S/C23H35N7/c24-11-9-23(29,10-12-25)8-2-1-3-19(28)22-17-6-4-15(26)13-20(17)30-21-14-16(27)5-7-18(21)22/h4-7,13-14,19H,1-3,8-12,24-29H2. The van der Waals surface area contributed by atoms with Gasteiger partial charge in [-0.1, -0.05) is 25.0 Å². The van der Waals surface area contributed by atoms with Crippen LogP contribution in [0.25, 0.3) is 21.8 Å². The minimum atomic E-state index is -0.279. The zero-order chi connectivity index (χ0) is 21.7. The van der Waals surface area contributed by atoms with Crippen LogP contribution in [0.2, 0.25) is 0 Å². The topological polar surface area (TPSA) is 169 Å². The molecular weight excluding hydrogens is 374 g/mol. The third kappa shape index (κ3) is 4.99. The van der Waals surface area contributed by atoms with Crippen LogP contribution in [0.5, 0.6) is 0 Å². The molecule has 7 nitrogen and oxygen atoms in total. The van der Waals surface area contributed by atoms with Gasteiger partial charge in [0.05, 0.1) is 11.0 Å². The summed E-state index contributed by atoms with van der Waals surface area (Å²) in [6.07, 6.45) is 5.30. The second-order valence-corrected chi connectivity index (χ2v) is 8.37. The van der Waals surface area contributed by atoms with Crippen molar-refractivity contribution >= 4 is 33.2 Å².